The largest absolute Gasteiger partial charge is 0.497 e. The number of benzene rings is 3. The number of aliphatic imine (C=N–C) groups is 1. The van der Waals surface area contributed by atoms with Gasteiger partial charge in [0.2, 0.25) is 5.91 Å². The Kier molecular flexibility index (Phi) is 7.06. The number of ether oxygens (including phenoxy) is 1. The van der Waals surface area contributed by atoms with Crippen LogP contribution in [-0.2, 0) is 9.59 Å². The Balaban J connectivity index is 1.33. The van der Waals surface area contributed by atoms with E-state index in [9.17, 15) is 9.59 Å². The highest BCUT2D eigenvalue weighted by Crippen LogP contribution is 2.38. The number of carbonyl (C=O) groups excluding carboxylic acids is 2. The monoisotopic (exact) mass is 518 g/mol. The number of methoxy groups -OCH3 is 1. The van der Waals surface area contributed by atoms with E-state index in [0.717, 1.165) is 16.8 Å². The van der Waals surface area contributed by atoms with Crippen molar-refractivity contribution < 1.29 is 14.3 Å². The van der Waals surface area contributed by atoms with Gasteiger partial charge >= 0.3 is 0 Å². The first kappa shape index (κ1) is 24.1. The summed E-state index contributed by atoms with van der Waals surface area (Å²) in [6, 6.07) is 24.5. The zero-order chi connectivity index (χ0) is 25.1. The van der Waals surface area contributed by atoms with E-state index in [0.29, 0.717) is 28.0 Å². The minimum Gasteiger partial charge on any atom is -0.497 e. The van der Waals surface area contributed by atoms with E-state index >= 15 is 0 Å². The number of hydrogen-bond acceptors (Lipinski definition) is 6. The van der Waals surface area contributed by atoms with Gasteiger partial charge in [0.15, 0.2) is 5.17 Å². The number of nitrogens with one attached hydrogen (secondary N) is 1. The molecule has 0 saturated carbocycles. The number of carbonyl (C=O) groups is 2. The van der Waals surface area contributed by atoms with E-state index in [1.165, 1.54) is 11.8 Å². The molecule has 2 amide bonds. The number of rotatable bonds is 6. The van der Waals surface area contributed by atoms with Gasteiger partial charge < -0.3 is 10.1 Å². The van der Waals surface area contributed by atoms with E-state index in [2.05, 4.69) is 10.3 Å². The zero-order valence-corrected chi connectivity index (χ0v) is 21.0. The minimum absolute atomic E-state index is 0.00527. The molecule has 0 aliphatic carbocycles. The molecule has 3 aromatic rings. The summed E-state index contributed by atoms with van der Waals surface area (Å²) in [6.07, 6.45) is 0.658. The molecule has 182 valence electrons. The average Bonchev–Trinajstić information content (AvgIpc) is 3.49. The first-order valence-electron chi connectivity index (χ1n) is 11.4. The van der Waals surface area contributed by atoms with Crippen molar-refractivity contribution in [3.8, 4) is 5.75 Å². The number of hydrazone groups is 1. The van der Waals surface area contributed by atoms with Crippen LogP contribution in [0.15, 0.2) is 89.0 Å². The van der Waals surface area contributed by atoms with Gasteiger partial charge in [-0.25, -0.2) is 5.01 Å². The summed E-state index contributed by atoms with van der Waals surface area (Å²) in [7, 11) is 1.57. The first-order chi connectivity index (χ1) is 17.5. The van der Waals surface area contributed by atoms with Gasteiger partial charge in [-0.1, -0.05) is 71.9 Å². The molecule has 5 rings (SSSR count). The standard InChI is InChI=1S/C27H23ClN4O3S/c1-35-21-9-5-8-20(14-21)29-25(33)16-24-26(34)30-27(36-24)32-23(18-6-3-2-4-7-18)15-22(31-32)17-10-12-19(28)13-11-17/h2-14,23-24H,15-16H2,1H3,(H,29,33)/t23-,24+/m1/s1. The van der Waals surface area contributed by atoms with Gasteiger partial charge in [-0.3, -0.25) is 9.59 Å². The molecule has 3 aromatic carbocycles. The van der Waals surface area contributed by atoms with Gasteiger partial charge in [-0.2, -0.15) is 10.1 Å². The van der Waals surface area contributed by atoms with Crippen LogP contribution in [0.1, 0.15) is 30.0 Å². The van der Waals surface area contributed by atoms with Crippen LogP contribution in [0.3, 0.4) is 0 Å². The topological polar surface area (TPSA) is 83.4 Å². The maximum absolute atomic E-state index is 12.8. The third kappa shape index (κ3) is 5.29. The Labute approximate surface area is 218 Å². The number of amidine groups is 1. The number of thioether (sulfide) groups is 1. The van der Waals surface area contributed by atoms with E-state index in [1.807, 2.05) is 59.6 Å². The molecule has 0 radical (unpaired) electrons. The predicted molar refractivity (Wildman–Crippen MR) is 144 cm³/mol. The van der Waals surface area contributed by atoms with Gasteiger partial charge in [0.05, 0.1) is 18.9 Å². The van der Waals surface area contributed by atoms with E-state index in [4.69, 9.17) is 21.4 Å². The summed E-state index contributed by atoms with van der Waals surface area (Å²) >= 11 is 7.34. The van der Waals surface area contributed by atoms with Crippen molar-refractivity contribution in [1.29, 1.82) is 0 Å². The smallest absolute Gasteiger partial charge is 0.262 e. The van der Waals surface area contributed by atoms with Crippen LogP contribution in [0.2, 0.25) is 5.02 Å². The molecule has 0 bridgehead atoms. The summed E-state index contributed by atoms with van der Waals surface area (Å²) in [5.74, 6) is 0.0368. The van der Waals surface area contributed by atoms with Gasteiger partial charge in [0, 0.05) is 29.6 Å². The summed E-state index contributed by atoms with van der Waals surface area (Å²) in [5.41, 5.74) is 3.53. The third-order valence-corrected chi connectivity index (χ3v) is 7.32. The normalized spacial score (nSPS) is 19.2. The number of halogens is 1. The molecule has 1 N–H and O–H groups in total. The summed E-state index contributed by atoms with van der Waals surface area (Å²) < 4.78 is 5.20. The fraction of sp³-hybridized carbons (Fsp3) is 0.185. The molecule has 0 fully saturated rings. The van der Waals surface area contributed by atoms with Gasteiger partial charge in [-0.15, -0.1) is 0 Å². The van der Waals surface area contributed by atoms with Crippen molar-refractivity contribution in [1.82, 2.24) is 5.01 Å². The van der Waals surface area contributed by atoms with Crippen LogP contribution in [-0.4, -0.2) is 40.1 Å². The summed E-state index contributed by atoms with van der Waals surface area (Å²) in [5, 5.41) is 10.0. The van der Waals surface area contributed by atoms with Crippen molar-refractivity contribution in [2.45, 2.75) is 24.1 Å². The molecule has 2 aliphatic heterocycles. The van der Waals surface area contributed by atoms with Crippen molar-refractivity contribution in [3.05, 3.63) is 95.0 Å². The molecular formula is C27H23ClN4O3S. The lowest BCUT2D eigenvalue weighted by molar-refractivity contribution is -0.121. The molecule has 0 aromatic heterocycles. The number of hydrogen-bond donors (Lipinski definition) is 1. The van der Waals surface area contributed by atoms with Crippen LogP contribution < -0.4 is 10.1 Å². The van der Waals surface area contributed by atoms with E-state index in [1.54, 1.807) is 31.4 Å². The fourth-order valence-electron chi connectivity index (χ4n) is 4.12. The molecule has 0 unspecified atom stereocenters. The molecule has 36 heavy (non-hydrogen) atoms. The SMILES string of the molecule is COc1cccc(NC(=O)C[C@@H]2SC(N3N=C(c4ccc(Cl)cc4)C[C@@H]3c3ccccc3)=NC2=O)c1. The molecule has 0 saturated heterocycles. The molecule has 2 aliphatic rings. The number of nitrogens with zero attached hydrogens (tertiary/aromatic N) is 3. The highest BCUT2D eigenvalue weighted by Gasteiger charge is 2.39. The molecule has 2 atom stereocenters. The lowest BCUT2D eigenvalue weighted by Crippen LogP contribution is -2.25. The third-order valence-electron chi connectivity index (χ3n) is 5.92. The predicted octanol–water partition coefficient (Wildman–Crippen LogP) is 5.53. The number of anilines is 1. The Morgan fingerprint density at radius 2 is 1.89 bits per heavy atom. The maximum atomic E-state index is 12.8. The Hall–Kier alpha value is -3.62. The molecule has 0 spiro atoms. The maximum Gasteiger partial charge on any atom is 0.262 e. The molecular weight excluding hydrogens is 496 g/mol. The summed E-state index contributed by atoms with van der Waals surface area (Å²) in [6.45, 7) is 0. The highest BCUT2D eigenvalue weighted by atomic mass is 35.5. The Bertz CT molecular complexity index is 1340. The zero-order valence-electron chi connectivity index (χ0n) is 19.4. The summed E-state index contributed by atoms with van der Waals surface area (Å²) in [4.78, 5) is 29.7. The Morgan fingerprint density at radius 1 is 1.11 bits per heavy atom. The second kappa shape index (κ2) is 10.6. The van der Waals surface area contributed by atoms with E-state index < -0.39 is 5.25 Å². The Morgan fingerprint density at radius 3 is 2.64 bits per heavy atom. The quantitative estimate of drug-likeness (QED) is 0.464. The van der Waals surface area contributed by atoms with Gasteiger partial charge in [0.25, 0.3) is 5.91 Å². The van der Waals surface area contributed by atoms with Crippen LogP contribution in [0.4, 0.5) is 5.69 Å². The lowest BCUT2D eigenvalue weighted by atomic mass is 9.99. The molecule has 9 heteroatoms. The van der Waals surface area contributed by atoms with Crippen LogP contribution in [0.25, 0.3) is 0 Å². The second-order valence-corrected chi connectivity index (χ2v) is 9.96. The first-order valence-corrected chi connectivity index (χ1v) is 12.7. The van der Waals surface area contributed by atoms with Crippen LogP contribution >= 0.6 is 23.4 Å². The van der Waals surface area contributed by atoms with Crippen LogP contribution in [0.5, 0.6) is 5.75 Å². The van der Waals surface area contributed by atoms with Crippen molar-refractivity contribution >= 4 is 51.7 Å². The lowest BCUT2D eigenvalue weighted by Gasteiger charge is -2.23. The van der Waals surface area contributed by atoms with E-state index in [-0.39, 0.29) is 24.3 Å². The van der Waals surface area contributed by atoms with Crippen LogP contribution in [0, 0.1) is 0 Å². The fourth-order valence-corrected chi connectivity index (χ4v) is 5.31. The molecule has 7 nitrogen and oxygen atoms in total. The van der Waals surface area contributed by atoms with Crippen molar-refractivity contribution in [2.75, 3.05) is 12.4 Å². The number of amides is 2. The van der Waals surface area contributed by atoms with Crippen molar-refractivity contribution in [3.63, 3.8) is 0 Å². The van der Waals surface area contributed by atoms with Crippen molar-refractivity contribution in [2.24, 2.45) is 10.1 Å². The average molecular weight is 519 g/mol. The molecule has 2 heterocycles. The highest BCUT2D eigenvalue weighted by molar-refractivity contribution is 8.15. The second-order valence-electron chi connectivity index (χ2n) is 8.35. The minimum atomic E-state index is -0.614. The van der Waals surface area contributed by atoms with Gasteiger partial charge in [-0.05, 0) is 35.4 Å². The van der Waals surface area contributed by atoms with Gasteiger partial charge in [0.1, 0.15) is 11.0 Å².